The van der Waals surface area contributed by atoms with Crippen molar-refractivity contribution < 1.29 is 14.5 Å². The Balaban J connectivity index is 1.90. The molecule has 0 unspecified atom stereocenters. The predicted octanol–water partition coefficient (Wildman–Crippen LogP) is 4.75. The van der Waals surface area contributed by atoms with Crippen molar-refractivity contribution in [1.29, 1.82) is 0 Å². The van der Waals surface area contributed by atoms with Gasteiger partial charge >= 0.3 is 0 Å². The molecule has 0 saturated heterocycles. The number of rotatable bonds is 6. The Morgan fingerprint density at radius 1 is 0.966 bits per heavy atom. The number of non-ortho nitro benzene ring substituents is 1. The first kappa shape index (κ1) is 18.3. The Kier molecular flexibility index (Phi) is 4.75. The van der Waals surface area contributed by atoms with E-state index in [-0.39, 0.29) is 17.9 Å². The standard InChI is InChI=1S/C23H16N2O4/c26-15-19-20-8-4-5-13-24(20)21(14-22(27)16-6-2-1-3-7-16)23(19)17-9-11-18(12-10-17)25(28)29/h1-13,15H,14H2. The lowest BCUT2D eigenvalue weighted by molar-refractivity contribution is -0.384. The van der Waals surface area contributed by atoms with Crippen LogP contribution < -0.4 is 0 Å². The summed E-state index contributed by atoms with van der Waals surface area (Å²) in [5.41, 5.74) is 3.63. The number of carbonyl (C=O) groups excluding carboxylic acids is 2. The number of hydrogen-bond donors (Lipinski definition) is 0. The molecule has 0 aliphatic heterocycles. The predicted molar refractivity (Wildman–Crippen MR) is 109 cm³/mol. The molecule has 0 aliphatic rings. The van der Waals surface area contributed by atoms with Gasteiger partial charge in [-0.15, -0.1) is 0 Å². The fourth-order valence-electron chi connectivity index (χ4n) is 3.54. The lowest BCUT2D eigenvalue weighted by Crippen LogP contribution is -2.06. The summed E-state index contributed by atoms with van der Waals surface area (Å²) in [4.78, 5) is 35.4. The van der Waals surface area contributed by atoms with E-state index in [4.69, 9.17) is 0 Å². The number of hydrogen-bond acceptors (Lipinski definition) is 4. The molecular formula is C23H16N2O4. The van der Waals surface area contributed by atoms with Gasteiger partial charge in [0.15, 0.2) is 12.1 Å². The fraction of sp³-hybridized carbons (Fsp3) is 0.0435. The van der Waals surface area contributed by atoms with Crippen LogP contribution in [-0.4, -0.2) is 21.4 Å². The highest BCUT2D eigenvalue weighted by atomic mass is 16.6. The molecule has 0 spiro atoms. The first-order chi connectivity index (χ1) is 14.1. The zero-order valence-corrected chi connectivity index (χ0v) is 15.3. The van der Waals surface area contributed by atoms with Gasteiger partial charge in [0.2, 0.25) is 0 Å². The number of ketones is 1. The van der Waals surface area contributed by atoms with Crippen LogP contribution in [0.4, 0.5) is 5.69 Å². The van der Waals surface area contributed by atoms with Crippen LogP contribution in [0.1, 0.15) is 26.4 Å². The second-order valence-electron chi connectivity index (χ2n) is 6.58. The molecular weight excluding hydrogens is 368 g/mol. The van der Waals surface area contributed by atoms with Crippen LogP contribution in [0.25, 0.3) is 16.6 Å². The molecule has 6 nitrogen and oxygen atoms in total. The smallest absolute Gasteiger partial charge is 0.269 e. The van der Waals surface area contributed by atoms with Gasteiger partial charge in [-0.1, -0.05) is 36.4 Å². The molecule has 0 aliphatic carbocycles. The number of nitrogens with zero attached hydrogens (tertiary/aromatic N) is 2. The average Bonchev–Trinajstić information content (AvgIpc) is 3.07. The summed E-state index contributed by atoms with van der Waals surface area (Å²) in [5.74, 6) is -0.0746. The summed E-state index contributed by atoms with van der Waals surface area (Å²) in [5, 5.41) is 11.0. The van der Waals surface area contributed by atoms with Gasteiger partial charge in [-0.05, 0) is 29.8 Å². The summed E-state index contributed by atoms with van der Waals surface area (Å²) in [6.45, 7) is 0. The molecule has 2 heterocycles. The Labute approximate surface area is 166 Å². The minimum absolute atomic E-state index is 0.0351. The maximum absolute atomic E-state index is 12.9. The maximum atomic E-state index is 12.9. The Hall–Kier alpha value is -4.06. The largest absolute Gasteiger partial charge is 0.319 e. The highest BCUT2D eigenvalue weighted by Crippen LogP contribution is 2.34. The number of aldehydes is 1. The zero-order chi connectivity index (χ0) is 20.4. The quantitative estimate of drug-likeness (QED) is 0.208. The lowest BCUT2D eigenvalue weighted by Gasteiger charge is -2.07. The molecule has 0 N–H and O–H groups in total. The zero-order valence-electron chi connectivity index (χ0n) is 15.3. The van der Waals surface area contributed by atoms with Crippen molar-refractivity contribution >= 4 is 23.3 Å². The summed E-state index contributed by atoms with van der Waals surface area (Å²) < 4.78 is 1.83. The first-order valence-electron chi connectivity index (χ1n) is 9.00. The van der Waals surface area contributed by atoms with E-state index in [1.54, 1.807) is 36.4 Å². The van der Waals surface area contributed by atoms with E-state index in [1.165, 1.54) is 12.1 Å². The van der Waals surface area contributed by atoms with Gasteiger partial charge in [-0.3, -0.25) is 19.7 Å². The van der Waals surface area contributed by atoms with Gasteiger partial charge < -0.3 is 4.40 Å². The lowest BCUT2D eigenvalue weighted by atomic mass is 9.97. The average molecular weight is 384 g/mol. The molecule has 6 heteroatoms. The molecule has 0 saturated carbocycles. The van der Waals surface area contributed by atoms with Crippen LogP contribution in [0.15, 0.2) is 79.0 Å². The molecule has 0 amide bonds. The molecule has 0 fully saturated rings. The third kappa shape index (κ3) is 3.32. The van der Waals surface area contributed by atoms with E-state index >= 15 is 0 Å². The van der Waals surface area contributed by atoms with E-state index in [0.29, 0.717) is 33.5 Å². The van der Waals surface area contributed by atoms with Gasteiger partial charge in [0, 0.05) is 40.7 Å². The number of carbonyl (C=O) groups is 2. The Bertz CT molecular complexity index is 1230. The van der Waals surface area contributed by atoms with Crippen molar-refractivity contribution in [2.24, 2.45) is 0 Å². The van der Waals surface area contributed by atoms with Crippen LogP contribution in [0, 0.1) is 10.1 Å². The van der Waals surface area contributed by atoms with Crippen molar-refractivity contribution in [2.75, 3.05) is 0 Å². The fourth-order valence-corrected chi connectivity index (χ4v) is 3.54. The third-order valence-electron chi connectivity index (χ3n) is 4.89. The molecule has 0 atom stereocenters. The Morgan fingerprint density at radius 2 is 1.66 bits per heavy atom. The number of benzene rings is 2. The minimum Gasteiger partial charge on any atom is -0.319 e. The second kappa shape index (κ2) is 7.52. The second-order valence-corrected chi connectivity index (χ2v) is 6.58. The first-order valence-corrected chi connectivity index (χ1v) is 9.00. The van der Waals surface area contributed by atoms with E-state index in [1.807, 2.05) is 34.9 Å². The summed E-state index contributed by atoms with van der Waals surface area (Å²) in [6.07, 6.45) is 2.67. The monoisotopic (exact) mass is 384 g/mol. The molecule has 0 bridgehead atoms. The number of Topliss-reactive ketones (excluding diaryl/α,β-unsaturated/α-hetero) is 1. The number of nitro benzene ring substituents is 1. The number of nitro groups is 1. The highest BCUT2D eigenvalue weighted by Gasteiger charge is 2.22. The number of aromatic nitrogens is 1. The molecule has 0 radical (unpaired) electrons. The van der Waals surface area contributed by atoms with Crippen molar-refractivity contribution in [3.8, 4) is 11.1 Å². The molecule has 142 valence electrons. The number of pyridine rings is 1. The van der Waals surface area contributed by atoms with E-state index in [0.717, 1.165) is 6.29 Å². The van der Waals surface area contributed by atoms with E-state index in [9.17, 15) is 19.7 Å². The number of fused-ring (bicyclic) bond motifs is 1. The topological polar surface area (TPSA) is 81.7 Å². The van der Waals surface area contributed by atoms with Crippen molar-refractivity contribution in [2.45, 2.75) is 6.42 Å². The van der Waals surface area contributed by atoms with Crippen molar-refractivity contribution in [3.63, 3.8) is 0 Å². The maximum Gasteiger partial charge on any atom is 0.269 e. The molecule has 4 rings (SSSR count). The van der Waals surface area contributed by atoms with Gasteiger partial charge in [0.25, 0.3) is 5.69 Å². The van der Waals surface area contributed by atoms with Crippen LogP contribution >= 0.6 is 0 Å². The van der Waals surface area contributed by atoms with Gasteiger partial charge in [0.1, 0.15) is 0 Å². The summed E-state index contributed by atoms with van der Waals surface area (Å²) in [6, 6.07) is 20.4. The van der Waals surface area contributed by atoms with Crippen molar-refractivity contribution in [3.05, 3.63) is 106 Å². The minimum atomic E-state index is -0.472. The molecule has 2 aromatic carbocycles. The van der Waals surface area contributed by atoms with E-state index < -0.39 is 4.92 Å². The molecule has 2 aromatic heterocycles. The SMILES string of the molecule is O=Cc1c(-c2ccc([N+](=O)[O-])cc2)c(CC(=O)c2ccccc2)n2ccccc12. The van der Waals surface area contributed by atoms with Crippen LogP contribution in [0.3, 0.4) is 0 Å². The van der Waals surface area contributed by atoms with Crippen LogP contribution in [0.5, 0.6) is 0 Å². The van der Waals surface area contributed by atoms with Crippen molar-refractivity contribution in [1.82, 2.24) is 4.40 Å². The summed E-state index contributed by atoms with van der Waals surface area (Å²) in [7, 11) is 0. The van der Waals surface area contributed by atoms with E-state index in [2.05, 4.69) is 0 Å². The van der Waals surface area contributed by atoms with Gasteiger partial charge in [-0.2, -0.15) is 0 Å². The normalized spacial score (nSPS) is 10.8. The van der Waals surface area contributed by atoms with Gasteiger partial charge in [0.05, 0.1) is 16.9 Å². The van der Waals surface area contributed by atoms with Gasteiger partial charge in [-0.25, -0.2) is 0 Å². The van der Waals surface area contributed by atoms with Crippen LogP contribution in [0.2, 0.25) is 0 Å². The molecule has 4 aromatic rings. The summed E-state index contributed by atoms with van der Waals surface area (Å²) >= 11 is 0. The Morgan fingerprint density at radius 3 is 2.31 bits per heavy atom. The highest BCUT2D eigenvalue weighted by molar-refractivity contribution is 6.02. The van der Waals surface area contributed by atoms with Crippen LogP contribution in [-0.2, 0) is 6.42 Å². The third-order valence-corrected chi connectivity index (χ3v) is 4.89. The molecule has 29 heavy (non-hydrogen) atoms.